The van der Waals surface area contributed by atoms with E-state index < -0.39 is 0 Å². The molecule has 0 aliphatic heterocycles. The fourth-order valence-corrected chi connectivity index (χ4v) is 8.57. The summed E-state index contributed by atoms with van der Waals surface area (Å²) in [6, 6.07) is 62.0. The largest absolute Gasteiger partial charge is 0.208 e. The Morgan fingerprint density at radius 1 is 0.294 bits per heavy atom. The molecule has 0 saturated heterocycles. The van der Waals surface area contributed by atoms with Crippen LogP contribution < -0.4 is 0 Å². The third kappa shape index (κ3) is 5.16. The van der Waals surface area contributed by atoms with Crippen molar-refractivity contribution in [3.05, 3.63) is 176 Å². The lowest BCUT2D eigenvalue weighted by Crippen LogP contribution is -2.00. The maximum Gasteiger partial charge on any atom is 0.164 e. The molecule has 238 valence electrons. The Kier molecular flexibility index (Phi) is 7.00. The molecule has 0 fully saturated rings. The standard InChI is InChI=1S/C47H29N3S/c1-3-10-30(11-4-1)31-18-24-36(25-19-31)46-48-45(35-13-5-2-6-14-35)49-47(50-46)37-26-21-33(22-27-37)39-16-9-17-40-41-29-28-34-23-20-32-12-7-8-15-38(32)42(34)44(41)51-43(39)40/h1-29H. The Morgan fingerprint density at radius 3 is 1.45 bits per heavy atom. The highest BCUT2D eigenvalue weighted by atomic mass is 32.1. The van der Waals surface area contributed by atoms with Crippen molar-refractivity contribution in [2.75, 3.05) is 0 Å². The molecule has 0 bridgehead atoms. The van der Waals surface area contributed by atoms with Crippen molar-refractivity contribution >= 4 is 53.1 Å². The van der Waals surface area contributed by atoms with E-state index in [2.05, 4.69) is 140 Å². The maximum atomic E-state index is 5.02. The number of aromatic nitrogens is 3. The molecule has 0 aliphatic carbocycles. The van der Waals surface area contributed by atoms with Gasteiger partial charge in [-0.3, -0.25) is 0 Å². The van der Waals surface area contributed by atoms with Gasteiger partial charge in [-0.1, -0.05) is 176 Å². The first-order valence-electron chi connectivity index (χ1n) is 17.1. The number of hydrogen-bond acceptors (Lipinski definition) is 4. The van der Waals surface area contributed by atoms with E-state index in [0.717, 1.165) is 22.3 Å². The molecule has 2 aromatic heterocycles. The summed E-state index contributed by atoms with van der Waals surface area (Å²) in [6.45, 7) is 0. The Hall–Kier alpha value is -6.49. The van der Waals surface area contributed by atoms with Crippen molar-refractivity contribution in [3.63, 3.8) is 0 Å². The van der Waals surface area contributed by atoms with Gasteiger partial charge in [0.25, 0.3) is 0 Å². The Bertz CT molecular complexity index is 2880. The number of hydrogen-bond donors (Lipinski definition) is 0. The zero-order chi connectivity index (χ0) is 33.7. The Balaban J connectivity index is 1.07. The first-order valence-corrected chi connectivity index (χ1v) is 17.9. The average Bonchev–Trinajstić information content (AvgIpc) is 3.60. The van der Waals surface area contributed by atoms with Gasteiger partial charge in [0.15, 0.2) is 17.5 Å². The summed E-state index contributed by atoms with van der Waals surface area (Å²) in [7, 11) is 0. The van der Waals surface area contributed by atoms with E-state index in [-0.39, 0.29) is 0 Å². The molecule has 0 aliphatic rings. The van der Waals surface area contributed by atoms with Crippen molar-refractivity contribution in [3.8, 4) is 56.4 Å². The Morgan fingerprint density at radius 2 is 0.765 bits per heavy atom. The zero-order valence-corrected chi connectivity index (χ0v) is 28.3. The highest BCUT2D eigenvalue weighted by molar-refractivity contribution is 7.27. The van der Waals surface area contributed by atoms with E-state index in [1.807, 2.05) is 47.7 Å². The monoisotopic (exact) mass is 667 g/mol. The first kappa shape index (κ1) is 29.4. The summed E-state index contributed by atoms with van der Waals surface area (Å²) >= 11 is 1.89. The van der Waals surface area contributed by atoms with Crippen molar-refractivity contribution < 1.29 is 0 Å². The topological polar surface area (TPSA) is 38.7 Å². The van der Waals surface area contributed by atoms with Crippen molar-refractivity contribution in [2.45, 2.75) is 0 Å². The van der Waals surface area contributed by atoms with Crippen molar-refractivity contribution in [1.29, 1.82) is 0 Å². The lowest BCUT2D eigenvalue weighted by atomic mass is 9.98. The number of fused-ring (bicyclic) bond motifs is 7. The van der Waals surface area contributed by atoms with Gasteiger partial charge in [0, 0.05) is 42.2 Å². The molecule has 0 spiro atoms. The van der Waals surface area contributed by atoms with E-state index >= 15 is 0 Å². The molecular weight excluding hydrogens is 639 g/mol. The third-order valence-electron chi connectivity index (χ3n) is 9.74. The predicted molar refractivity (Wildman–Crippen MR) is 215 cm³/mol. The van der Waals surface area contributed by atoms with Crippen LogP contribution in [0, 0.1) is 0 Å². The lowest BCUT2D eigenvalue weighted by Gasteiger charge is -2.10. The normalized spacial score (nSPS) is 11.5. The molecular formula is C47H29N3S. The zero-order valence-electron chi connectivity index (χ0n) is 27.5. The van der Waals surface area contributed by atoms with Gasteiger partial charge in [-0.15, -0.1) is 11.3 Å². The molecule has 0 atom stereocenters. The highest BCUT2D eigenvalue weighted by Crippen LogP contribution is 2.44. The van der Waals surface area contributed by atoms with Crippen molar-refractivity contribution in [1.82, 2.24) is 15.0 Å². The quantitative estimate of drug-likeness (QED) is 0.171. The minimum absolute atomic E-state index is 0.649. The smallest absolute Gasteiger partial charge is 0.164 e. The molecule has 2 heterocycles. The average molecular weight is 668 g/mol. The van der Waals surface area contributed by atoms with Crippen LogP contribution in [-0.2, 0) is 0 Å². The van der Waals surface area contributed by atoms with Crippen LogP contribution in [0.5, 0.6) is 0 Å². The van der Waals surface area contributed by atoms with Crippen LogP contribution in [0.3, 0.4) is 0 Å². The number of nitrogens with zero attached hydrogens (tertiary/aromatic N) is 3. The summed E-state index contributed by atoms with van der Waals surface area (Å²) in [6.07, 6.45) is 0. The molecule has 0 N–H and O–H groups in total. The number of rotatable bonds is 5. The molecule has 51 heavy (non-hydrogen) atoms. The first-order chi connectivity index (χ1) is 25.3. The van der Waals surface area contributed by atoms with Gasteiger partial charge in [0.1, 0.15) is 0 Å². The molecule has 4 heteroatoms. The van der Waals surface area contributed by atoms with E-state index in [0.29, 0.717) is 17.5 Å². The molecule has 0 amide bonds. The second-order valence-electron chi connectivity index (χ2n) is 12.8. The SMILES string of the molecule is c1ccc(-c2ccc(-c3nc(-c4ccccc4)nc(-c4ccc(-c5cccc6c5sc5c6ccc6ccc7ccccc7c65)cc4)n3)cc2)cc1. The van der Waals surface area contributed by atoms with Crippen LogP contribution in [0.25, 0.3) is 98.1 Å². The van der Waals surface area contributed by atoms with Crippen LogP contribution in [0.15, 0.2) is 176 Å². The number of thiophene rings is 1. The van der Waals surface area contributed by atoms with Crippen LogP contribution in [0.4, 0.5) is 0 Å². The van der Waals surface area contributed by atoms with Crippen LogP contribution in [-0.4, -0.2) is 15.0 Å². The molecule has 3 nitrogen and oxygen atoms in total. The van der Waals surface area contributed by atoms with Gasteiger partial charge in [-0.25, -0.2) is 15.0 Å². The van der Waals surface area contributed by atoms with E-state index in [9.17, 15) is 0 Å². The van der Waals surface area contributed by atoms with E-state index in [1.165, 1.54) is 58.4 Å². The van der Waals surface area contributed by atoms with Crippen LogP contribution in [0.2, 0.25) is 0 Å². The van der Waals surface area contributed by atoms with Gasteiger partial charge in [-0.2, -0.15) is 0 Å². The second-order valence-corrected chi connectivity index (χ2v) is 13.8. The van der Waals surface area contributed by atoms with Crippen molar-refractivity contribution in [2.24, 2.45) is 0 Å². The van der Waals surface area contributed by atoms with Crippen LogP contribution >= 0.6 is 11.3 Å². The van der Waals surface area contributed by atoms with Gasteiger partial charge < -0.3 is 0 Å². The maximum absolute atomic E-state index is 5.02. The summed E-state index contributed by atoms with van der Waals surface area (Å²) in [5, 5.41) is 7.78. The van der Waals surface area contributed by atoms with Gasteiger partial charge in [0.2, 0.25) is 0 Å². The summed E-state index contributed by atoms with van der Waals surface area (Å²) < 4.78 is 2.64. The fraction of sp³-hybridized carbons (Fsp3) is 0. The van der Waals surface area contributed by atoms with Crippen LogP contribution in [0.1, 0.15) is 0 Å². The molecule has 0 saturated carbocycles. The summed E-state index contributed by atoms with van der Waals surface area (Å²) in [4.78, 5) is 14.9. The van der Waals surface area contributed by atoms with Gasteiger partial charge >= 0.3 is 0 Å². The molecule has 8 aromatic carbocycles. The lowest BCUT2D eigenvalue weighted by molar-refractivity contribution is 1.07. The van der Waals surface area contributed by atoms with Gasteiger partial charge in [0.05, 0.1) is 0 Å². The third-order valence-corrected chi connectivity index (χ3v) is 11.0. The molecule has 10 aromatic rings. The minimum atomic E-state index is 0.649. The van der Waals surface area contributed by atoms with Gasteiger partial charge in [-0.05, 0) is 38.4 Å². The fourth-order valence-electron chi connectivity index (χ4n) is 7.16. The van der Waals surface area contributed by atoms with E-state index in [4.69, 9.17) is 15.0 Å². The Labute approximate surface area is 299 Å². The summed E-state index contributed by atoms with van der Waals surface area (Å²) in [5.74, 6) is 1.95. The van der Waals surface area contributed by atoms with E-state index in [1.54, 1.807) is 0 Å². The molecule has 0 unspecified atom stereocenters. The molecule has 0 radical (unpaired) electrons. The second kappa shape index (κ2) is 12.1. The number of benzene rings is 8. The molecule has 10 rings (SSSR count). The predicted octanol–water partition coefficient (Wildman–Crippen LogP) is 12.9. The highest BCUT2D eigenvalue weighted by Gasteiger charge is 2.16. The minimum Gasteiger partial charge on any atom is -0.208 e. The summed E-state index contributed by atoms with van der Waals surface area (Å²) in [5.41, 5.74) is 7.58.